The number of rotatable bonds is 4. The highest BCUT2D eigenvalue weighted by Crippen LogP contribution is 2.30. The second-order valence-electron chi connectivity index (χ2n) is 6.64. The fraction of sp³-hybridized carbons (Fsp3) is 0.647. The van der Waals surface area contributed by atoms with Gasteiger partial charge in [-0.3, -0.25) is 4.79 Å². The Labute approximate surface area is 144 Å². The van der Waals surface area contributed by atoms with Crippen LogP contribution in [0.3, 0.4) is 0 Å². The van der Waals surface area contributed by atoms with Crippen molar-refractivity contribution in [2.75, 3.05) is 37.7 Å². The summed E-state index contributed by atoms with van der Waals surface area (Å²) in [7, 11) is 0. The van der Waals surface area contributed by atoms with Gasteiger partial charge in [0.15, 0.2) is 0 Å². The lowest BCUT2D eigenvalue weighted by Crippen LogP contribution is -2.37. The molecule has 1 aromatic rings. The SMILES string of the molecule is O=C(NCC1CCOCC1)C1CCN(c2ccc(C(F)(F)F)cn2)C1. The lowest BCUT2D eigenvalue weighted by Gasteiger charge is -2.23. The van der Waals surface area contributed by atoms with Gasteiger partial charge in [-0.05, 0) is 37.3 Å². The molecule has 0 aliphatic carbocycles. The van der Waals surface area contributed by atoms with E-state index in [1.165, 1.54) is 6.07 Å². The number of ether oxygens (including phenoxy) is 1. The first-order valence-corrected chi connectivity index (χ1v) is 8.57. The topological polar surface area (TPSA) is 54.5 Å². The third kappa shape index (κ3) is 4.62. The molecule has 0 radical (unpaired) electrons. The molecule has 3 heterocycles. The maximum Gasteiger partial charge on any atom is 0.417 e. The largest absolute Gasteiger partial charge is 0.417 e. The van der Waals surface area contributed by atoms with Crippen LogP contribution in [0.25, 0.3) is 0 Å². The van der Waals surface area contributed by atoms with Crippen LogP contribution in [0.15, 0.2) is 18.3 Å². The normalized spacial score (nSPS) is 22.2. The number of nitrogens with zero attached hydrogens (tertiary/aromatic N) is 2. The Morgan fingerprint density at radius 2 is 2.04 bits per heavy atom. The molecule has 2 saturated heterocycles. The molecule has 1 N–H and O–H groups in total. The van der Waals surface area contributed by atoms with Crippen molar-refractivity contribution in [1.82, 2.24) is 10.3 Å². The minimum atomic E-state index is -4.39. The molecule has 0 spiro atoms. The lowest BCUT2D eigenvalue weighted by molar-refractivity contribution is -0.137. The minimum Gasteiger partial charge on any atom is -0.381 e. The molecule has 1 amide bonds. The highest BCUT2D eigenvalue weighted by molar-refractivity contribution is 5.80. The molecule has 1 atom stereocenters. The van der Waals surface area contributed by atoms with Gasteiger partial charge in [0, 0.05) is 39.0 Å². The summed E-state index contributed by atoms with van der Waals surface area (Å²) >= 11 is 0. The molecule has 3 rings (SSSR count). The molecule has 25 heavy (non-hydrogen) atoms. The molecule has 1 unspecified atom stereocenters. The zero-order valence-corrected chi connectivity index (χ0v) is 13.9. The summed E-state index contributed by atoms with van der Waals surface area (Å²) in [5, 5.41) is 3.01. The molecule has 0 bridgehead atoms. The van der Waals surface area contributed by atoms with Crippen LogP contribution >= 0.6 is 0 Å². The van der Waals surface area contributed by atoms with Crippen molar-refractivity contribution in [3.05, 3.63) is 23.9 Å². The number of nitrogens with one attached hydrogen (secondary N) is 1. The van der Waals surface area contributed by atoms with Gasteiger partial charge < -0.3 is 15.0 Å². The summed E-state index contributed by atoms with van der Waals surface area (Å²) in [5.74, 6) is 0.810. The van der Waals surface area contributed by atoms with Gasteiger partial charge in [0.1, 0.15) is 5.82 Å². The first kappa shape index (κ1) is 18.0. The number of anilines is 1. The van der Waals surface area contributed by atoms with Gasteiger partial charge in [-0.25, -0.2) is 4.98 Å². The highest BCUT2D eigenvalue weighted by atomic mass is 19.4. The van der Waals surface area contributed by atoms with E-state index >= 15 is 0 Å². The van der Waals surface area contributed by atoms with Crippen molar-refractivity contribution in [1.29, 1.82) is 0 Å². The average Bonchev–Trinajstić information content (AvgIpc) is 3.10. The third-order valence-corrected chi connectivity index (χ3v) is 4.86. The standard InChI is InChI=1S/C17H22F3N3O2/c18-17(19,20)14-1-2-15(21-10-14)23-6-3-13(11-23)16(24)22-9-12-4-7-25-8-5-12/h1-2,10,12-13H,3-9,11H2,(H,22,24). The number of hydrogen-bond acceptors (Lipinski definition) is 4. The monoisotopic (exact) mass is 357 g/mol. The molecule has 0 saturated carbocycles. The van der Waals surface area contributed by atoms with Crippen LogP contribution in [-0.4, -0.2) is 43.7 Å². The van der Waals surface area contributed by atoms with Crippen LogP contribution in [0.5, 0.6) is 0 Å². The van der Waals surface area contributed by atoms with Gasteiger partial charge in [-0.2, -0.15) is 13.2 Å². The summed E-state index contributed by atoms with van der Waals surface area (Å²) < 4.78 is 43.1. The number of pyridine rings is 1. The lowest BCUT2D eigenvalue weighted by atomic mass is 10.00. The fourth-order valence-corrected chi connectivity index (χ4v) is 3.26. The highest BCUT2D eigenvalue weighted by Gasteiger charge is 2.32. The van der Waals surface area contributed by atoms with Crippen LogP contribution < -0.4 is 10.2 Å². The summed E-state index contributed by atoms with van der Waals surface area (Å²) in [6.07, 6.45) is -0.932. The van der Waals surface area contributed by atoms with Gasteiger partial charge in [0.25, 0.3) is 0 Å². The zero-order chi connectivity index (χ0) is 17.9. The second kappa shape index (κ2) is 7.59. The van der Waals surface area contributed by atoms with Gasteiger partial charge in [-0.15, -0.1) is 0 Å². The number of carbonyl (C=O) groups is 1. The predicted octanol–water partition coefficient (Wildman–Crippen LogP) is 2.47. The Morgan fingerprint density at radius 1 is 1.28 bits per heavy atom. The second-order valence-corrected chi connectivity index (χ2v) is 6.64. The molecular formula is C17H22F3N3O2. The summed E-state index contributed by atoms with van der Waals surface area (Å²) in [4.78, 5) is 18.1. The zero-order valence-electron chi connectivity index (χ0n) is 13.9. The van der Waals surface area contributed by atoms with Crippen molar-refractivity contribution < 1.29 is 22.7 Å². The third-order valence-electron chi connectivity index (χ3n) is 4.86. The van der Waals surface area contributed by atoms with Crippen molar-refractivity contribution in [3.63, 3.8) is 0 Å². The molecule has 0 aromatic carbocycles. The number of aromatic nitrogens is 1. The first-order chi connectivity index (χ1) is 11.9. The maximum atomic E-state index is 12.6. The predicted molar refractivity (Wildman–Crippen MR) is 86.1 cm³/mol. The molecule has 8 heteroatoms. The Balaban J connectivity index is 1.50. The van der Waals surface area contributed by atoms with E-state index in [1.807, 2.05) is 4.90 Å². The smallest absolute Gasteiger partial charge is 0.381 e. The molecule has 5 nitrogen and oxygen atoms in total. The minimum absolute atomic E-state index is 0.0147. The van der Waals surface area contributed by atoms with Crippen LogP contribution in [0, 0.1) is 11.8 Å². The van der Waals surface area contributed by atoms with Crippen molar-refractivity contribution >= 4 is 11.7 Å². The van der Waals surface area contributed by atoms with E-state index in [-0.39, 0.29) is 11.8 Å². The Bertz CT molecular complexity index is 586. The summed E-state index contributed by atoms with van der Waals surface area (Å²) in [5.41, 5.74) is -0.763. The van der Waals surface area contributed by atoms with E-state index < -0.39 is 11.7 Å². The van der Waals surface area contributed by atoms with Gasteiger partial charge in [0.05, 0.1) is 11.5 Å². The van der Waals surface area contributed by atoms with Crippen LogP contribution in [-0.2, 0) is 15.7 Å². The van der Waals surface area contributed by atoms with Crippen molar-refractivity contribution in [2.24, 2.45) is 11.8 Å². The number of hydrogen-bond donors (Lipinski definition) is 1. The molecule has 138 valence electrons. The Hall–Kier alpha value is -1.83. The average molecular weight is 357 g/mol. The van der Waals surface area contributed by atoms with E-state index in [0.717, 1.165) is 38.3 Å². The van der Waals surface area contributed by atoms with E-state index in [1.54, 1.807) is 0 Å². The molecule has 2 fully saturated rings. The molecule has 2 aliphatic rings. The van der Waals surface area contributed by atoms with Gasteiger partial charge in [-0.1, -0.05) is 0 Å². The molecule has 1 aromatic heterocycles. The maximum absolute atomic E-state index is 12.6. The van der Waals surface area contributed by atoms with Crippen LogP contribution in [0.1, 0.15) is 24.8 Å². The van der Waals surface area contributed by atoms with E-state index in [2.05, 4.69) is 10.3 Å². The molecular weight excluding hydrogens is 335 g/mol. The van der Waals surface area contributed by atoms with Crippen molar-refractivity contribution in [3.8, 4) is 0 Å². The number of halogens is 3. The Morgan fingerprint density at radius 3 is 2.68 bits per heavy atom. The van der Waals surface area contributed by atoms with Crippen molar-refractivity contribution in [2.45, 2.75) is 25.4 Å². The van der Waals surface area contributed by atoms with Gasteiger partial charge >= 0.3 is 6.18 Å². The first-order valence-electron chi connectivity index (χ1n) is 8.57. The number of carbonyl (C=O) groups excluding carboxylic acids is 1. The number of amides is 1. The molecule has 2 aliphatic heterocycles. The fourth-order valence-electron chi connectivity index (χ4n) is 3.26. The van der Waals surface area contributed by atoms with E-state index in [9.17, 15) is 18.0 Å². The quantitative estimate of drug-likeness (QED) is 0.900. The summed E-state index contributed by atoms with van der Waals surface area (Å²) in [6, 6.07) is 2.39. The van der Waals surface area contributed by atoms with E-state index in [4.69, 9.17) is 4.74 Å². The Kier molecular flexibility index (Phi) is 5.46. The van der Waals surface area contributed by atoms with Crippen LogP contribution in [0.4, 0.5) is 19.0 Å². The van der Waals surface area contributed by atoms with E-state index in [0.29, 0.717) is 37.8 Å². The van der Waals surface area contributed by atoms with Gasteiger partial charge in [0.2, 0.25) is 5.91 Å². The summed E-state index contributed by atoms with van der Waals surface area (Å²) in [6.45, 7) is 3.26. The van der Waals surface area contributed by atoms with Crippen LogP contribution in [0.2, 0.25) is 0 Å². The number of alkyl halides is 3.